The smallest absolute Gasteiger partial charge is 0.212 e. The topological polar surface area (TPSA) is 46.2 Å². The molecule has 17 heavy (non-hydrogen) atoms. The molecular weight excluding hydrogens is 258 g/mol. The Bertz CT molecular complexity index is 321. The maximum atomic E-state index is 12.0. The second kappa shape index (κ2) is 6.39. The van der Waals surface area contributed by atoms with Crippen molar-refractivity contribution < 1.29 is 8.42 Å². The number of halogens is 1. The first-order chi connectivity index (χ1) is 7.85. The molecule has 0 aromatic carbocycles. The van der Waals surface area contributed by atoms with Crippen molar-refractivity contribution in [1.29, 1.82) is 0 Å². The third-order valence-corrected chi connectivity index (χ3v) is 5.29. The zero-order valence-electron chi connectivity index (χ0n) is 10.8. The molecule has 0 aromatic rings. The molecule has 0 radical (unpaired) electrons. The molecule has 1 N–H and O–H groups in total. The monoisotopic (exact) mass is 281 g/mol. The number of alkyl halides is 1. The lowest BCUT2D eigenvalue weighted by molar-refractivity contribution is 0.378. The fourth-order valence-electron chi connectivity index (χ4n) is 2.41. The third kappa shape index (κ3) is 6.07. The van der Waals surface area contributed by atoms with Gasteiger partial charge in [-0.2, -0.15) is 0 Å². The lowest BCUT2D eigenvalue weighted by atomic mass is 9.91. The van der Waals surface area contributed by atoms with Crippen LogP contribution in [0.5, 0.6) is 0 Å². The molecule has 0 unspecified atom stereocenters. The van der Waals surface area contributed by atoms with E-state index in [9.17, 15) is 8.42 Å². The van der Waals surface area contributed by atoms with Gasteiger partial charge in [0.05, 0.1) is 5.75 Å². The van der Waals surface area contributed by atoms with Gasteiger partial charge in [-0.25, -0.2) is 13.1 Å². The third-order valence-electron chi connectivity index (χ3n) is 3.33. The first-order valence-electron chi connectivity index (χ1n) is 6.42. The average molecular weight is 282 g/mol. The van der Waals surface area contributed by atoms with Gasteiger partial charge in [-0.05, 0) is 39.0 Å². The van der Waals surface area contributed by atoms with Crippen molar-refractivity contribution in [1.82, 2.24) is 4.72 Å². The van der Waals surface area contributed by atoms with Crippen molar-refractivity contribution in [3.63, 3.8) is 0 Å². The van der Waals surface area contributed by atoms with Gasteiger partial charge in [0.25, 0.3) is 0 Å². The molecule has 1 rings (SSSR count). The highest BCUT2D eigenvalue weighted by molar-refractivity contribution is 7.89. The van der Waals surface area contributed by atoms with Crippen LogP contribution in [-0.4, -0.2) is 25.6 Å². The molecule has 0 aliphatic heterocycles. The molecule has 102 valence electrons. The second-order valence-corrected chi connectivity index (χ2v) is 7.86. The van der Waals surface area contributed by atoms with Gasteiger partial charge >= 0.3 is 0 Å². The van der Waals surface area contributed by atoms with Gasteiger partial charge in [-0.3, -0.25) is 0 Å². The van der Waals surface area contributed by atoms with Crippen molar-refractivity contribution in [3.8, 4) is 0 Å². The van der Waals surface area contributed by atoms with Gasteiger partial charge in [-0.1, -0.05) is 19.3 Å². The standard InChI is InChI=1S/C12H24ClNO2S/c1-12(2,8-9-13)14-17(15,16)10-11-6-4-3-5-7-11/h11,14H,3-10H2,1-2H3. The lowest BCUT2D eigenvalue weighted by Crippen LogP contribution is -2.45. The van der Waals surface area contributed by atoms with Crippen molar-refractivity contribution in [3.05, 3.63) is 0 Å². The molecule has 5 heteroatoms. The molecule has 0 atom stereocenters. The zero-order chi connectivity index (χ0) is 12.9. The van der Waals surface area contributed by atoms with Gasteiger partial charge in [0, 0.05) is 11.4 Å². The average Bonchev–Trinajstić information content (AvgIpc) is 2.15. The van der Waals surface area contributed by atoms with E-state index in [1.807, 2.05) is 13.8 Å². The van der Waals surface area contributed by atoms with Gasteiger partial charge in [0.15, 0.2) is 0 Å². The van der Waals surface area contributed by atoms with E-state index >= 15 is 0 Å². The number of nitrogens with one attached hydrogen (secondary N) is 1. The molecule has 1 aliphatic rings. The Kier molecular flexibility index (Phi) is 5.74. The quantitative estimate of drug-likeness (QED) is 0.761. The molecule has 0 amide bonds. The van der Waals surface area contributed by atoms with Crippen molar-refractivity contribution in [2.45, 2.75) is 57.9 Å². The van der Waals surface area contributed by atoms with E-state index in [1.165, 1.54) is 19.3 Å². The van der Waals surface area contributed by atoms with E-state index < -0.39 is 15.6 Å². The van der Waals surface area contributed by atoms with Crippen LogP contribution in [0.25, 0.3) is 0 Å². The van der Waals surface area contributed by atoms with Gasteiger partial charge in [-0.15, -0.1) is 11.6 Å². The van der Waals surface area contributed by atoms with E-state index in [1.54, 1.807) is 0 Å². The first kappa shape index (κ1) is 15.3. The summed E-state index contributed by atoms with van der Waals surface area (Å²) in [6.07, 6.45) is 6.35. The molecule has 1 saturated carbocycles. The van der Waals surface area contributed by atoms with Crippen molar-refractivity contribution in [2.24, 2.45) is 5.92 Å². The summed E-state index contributed by atoms with van der Waals surface area (Å²) in [7, 11) is -3.17. The largest absolute Gasteiger partial charge is 0.212 e. The highest BCUT2D eigenvalue weighted by atomic mass is 35.5. The van der Waals surface area contributed by atoms with Crippen molar-refractivity contribution in [2.75, 3.05) is 11.6 Å². The van der Waals surface area contributed by atoms with E-state index in [0.717, 1.165) is 12.8 Å². The zero-order valence-corrected chi connectivity index (χ0v) is 12.4. The minimum atomic E-state index is -3.17. The number of hydrogen-bond acceptors (Lipinski definition) is 2. The van der Waals surface area contributed by atoms with Crippen LogP contribution in [0.4, 0.5) is 0 Å². The predicted octanol–water partition coefficient (Wildman–Crippen LogP) is 2.89. The second-order valence-electron chi connectivity index (χ2n) is 5.71. The molecule has 0 heterocycles. The Morgan fingerprint density at radius 3 is 2.35 bits per heavy atom. The molecule has 3 nitrogen and oxygen atoms in total. The van der Waals surface area contributed by atoms with Crippen LogP contribution in [-0.2, 0) is 10.0 Å². The highest BCUT2D eigenvalue weighted by Crippen LogP contribution is 2.25. The van der Waals surface area contributed by atoms with Crippen LogP contribution in [0.15, 0.2) is 0 Å². The summed E-state index contributed by atoms with van der Waals surface area (Å²) < 4.78 is 26.8. The molecule has 0 bridgehead atoms. The van der Waals surface area contributed by atoms with Crippen LogP contribution in [0.1, 0.15) is 52.4 Å². The number of rotatable bonds is 6. The summed E-state index contributed by atoms with van der Waals surface area (Å²) in [6, 6.07) is 0. The van der Waals surface area contributed by atoms with Crippen molar-refractivity contribution >= 4 is 21.6 Å². The Balaban J connectivity index is 2.50. The molecule has 0 spiro atoms. The van der Waals surface area contributed by atoms with E-state index in [4.69, 9.17) is 11.6 Å². The van der Waals surface area contributed by atoms with Crippen LogP contribution >= 0.6 is 11.6 Å². The first-order valence-corrected chi connectivity index (χ1v) is 8.61. The summed E-state index contributed by atoms with van der Waals surface area (Å²) in [5.74, 6) is 1.09. The van der Waals surface area contributed by atoms with E-state index in [-0.39, 0.29) is 5.75 Å². The van der Waals surface area contributed by atoms with E-state index in [0.29, 0.717) is 18.2 Å². The summed E-state index contributed by atoms with van der Waals surface area (Å²) in [5, 5.41) is 0. The lowest BCUT2D eigenvalue weighted by Gasteiger charge is -2.27. The van der Waals surface area contributed by atoms with Crippen LogP contribution in [0.3, 0.4) is 0 Å². The Labute approximate surface area is 110 Å². The van der Waals surface area contributed by atoms with Crippen LogP contribution < -0.4 is 4.72 Å². The Morgan fingerprint density at radius 1 is 1.24 bits per heavy atom. The predicted molar refractivity (Wildman–Crippen MR) is 72.9 cm³/mol. The summed E-state index contributed by atoms with van der Waals surface area (Å²) in [5.41, 5.74) is -0.435. The maximum Gasteiger partial charge on any atom is 0.212 e. The summed E-state index contributed by atoms with van der Waals surface area (Å²) in [4.78, 5) is 0. The van der Waals surface area contributed by atoms with E-state index in [2.05, 4.69) is 4.72 Å². The molecular formula is C12H24ClNO2S. The van der Waals surface area contributed by atoms with Crippen LogP contribution in [0.2, 0.25) is 0 Å². The maximum absolute atomic E-state index is 12.0. The van der Waals surface area contributed by atoms with Crippen LogP contribution in [0, 0.1) is 5.92 Å². The minimum Gasteiger partial charge on any atom is -0.212 e. The molecule has 1 aliphatic carbocycles. The number of sulfonamides is 1. The fraction of sp³-hybridized carbons (Fsp3) is 1.00. The molecule has 0 saturated heterocycles. The Hall–Kier alpha value is 0.200. The normalized spacial score (nSPS) is 19.5. The fourth-order valence-corrected chi connectivity index (χ4v) is 4.87. The van der Waals surface area contributed by atoms with Gasteiger partial charge < -0.3 is 0 Å². The number of hydrogen-bond donors (Lipinski definition) is 1. The van der Waals surface area contributed by atoms with Gasteiger partial charge in [0.1, 0.15) is 0 Å². The SMILES string of the molecule is CC(C)(CCCl)NS(=O)(=O)CC1CCCCC1. The van der Waals surface area contributed by atoms with Gasteiger partial charge in [0.2, 0.25) is 10.0 Å². The highest BCUT2D eigenvalue weighted by Gasteiger charge is 2.27. The molecule has 0 aromatic heterocycles. The minimum absolute atomic E-state index is 0.277. The molecule has 1 fully saturated rings. The summed E-state index contributed by atoms with van der Waals surface area (Å²) >= 11 is 5.67. The Morgan fingerprint density at radius 2 is 1.82 bits per heavy atom. The summed E-state index contributed by atoms with van der Waals surface area (Å²) in [6.45, 7) is 3.77.